The molecule has 0 saturated heterocycles. The molecule has 18 heavy (non-hydrogen) atoms. The van der Waals surface area contributed by atoms with Crippen molar-refractivity contribution in [2.24, 2.45) is 0 Å². The molecule has 1 aliphatic heterocycles. The van der Waals surface area contributed by atoms with E-state index >= 15 is 0 Å². The van der Waals surface area contributed by atoms with Gasteiger partial charge in [-0.05, 0) is 25.2 Å². The minimum Gasteiger partial charge on any atom is -0.472 e. The van der Waals surface area contributed by atoms with Gasteiger partial charge >= 0.3 is 0 Å². The van der Waals surface area contributed by atoms with Crippen molar-refractivity contribution in [2.75, 3.05) is 32.9 Å². The van der Waals surface area contributed by atoms with Crippen LogP contribution in [-0.4, -0.2) is 48.6 Å². The predicted octanol–water partition coefficient (Wildman–Crippen LogP) is 1.82. The van der Waals surface area contributed by atoms with E-state index in [1.165, 1.54) is 0 Å². The molecule has 4 nitrogen and oxygen atoms in total. The fourth-order valence-corrected chi connectivity index (χ4v) is 2.11. The minimum atomic E-state index is 0.0732. The highest BCUT2D eigenvalue weighted by molar-refractivity contribution is 5.97. The zero-order valence-electron chi connectivity index (χ0n) is 11.1. The van der Waals surface area contributed by atoms with Crippen molar-refractivity contribution < 1.29 is 9.53 Å². The van der Waals surface area contributed by atoms with Crippen molar-refractivity contribution in [2.45, 2.75) is 13.8 Å². The number of amides is 1. The molecule has 1 amide bonds. The van der Waals surface area contributed by atoms with Crippen LogP contribution in [0.1, 0.15) is 24.2 Å². The molecule has 2 rings (SSSR count). The lowest BCUT2D eigenvalue weighted by Gasteiger charge is -2.30. The van der Waals surface area contributed by atoms with Crippen LogP contribution >= 0.6 is 0 Å². The monoisotopic (exact) mass is 248 g/mol. The number of rotatable bonds is 5. The average Bonchev–Trinajstić information content (AvgIpc) is 2.42. The number of fused-ring (bicyclic) bond motifs is 1. The third-order valence-corrected chi connectivity index (χ3v) is 3.36. The molecule has 1 aromatic rings. The summed E-state index contributed by atoms with van der Waals surface area (Å²) in [6.45, 7) is 8.25. The Hall–Kier alpha value is -1.55. The molecule has 1 aromatic carbocycles. The third kappa shape index (κ3) is 2.64. The van der Waals surface area contributed by atoms with Crippen molar-refractivity contribution in [1.82, 2.24) is 9.80 Å². The maximum absolute atomic E-state index is 12.2. The third-order valence-electron chi connectivity index (χ3n) is 3.36. The SMILES string of the molecule is CCN(CC)CCN1COc2ccccc2C1=O. The minimum absolute atomic E-state index is 0.0732. The topological polar surface area (TPSA) is 32.8 Å². The maximum Gasteiger partial charge on any atom is 0.260 e. The standard InChI is InChI=1S/C14H20N2O2/c1-3-15(4-2)9-10-16-11-18-13-8-6-5-7-12(13)14(16)17/h5-8H,3-4,9-11H2,1-2H3. The molecule has 0 radical (unpaired) electrons. The van der Waals surface area contributed by atoms with Gasteiger partial charge in [-0.15, -0.1) is 0 Å². The van der Waals surface area contributed by atoms with Crippen LogP contribution < -0.4 is 4.74 Å². The van der Waals surface area contributed by atoms with Crippen LogP contribution in [0.5, 0.6) is 5.75 Å². The van der Waals surface area contributed by atoms with Gasteiger partial charge in [0.1, 0.15) is 5.75 Å². The molecule has 0 unspecified atom stereocenters. The van der Waals surface area contributed by atoms with Gasteiger partial charge in [-0.3, -0.25) is 4.79 Å². The van der Waals surface area contributed by atoms with Gasteiger partial charge in [0.05, 0.1) is 5.56 Å². The molecule has 4 heteroatoms. The van der Waals surface area contributed by atoms with Crippen LogP contribution in [0.25, 0.3) is 0 Å². The number of likely N-dealkylation sites (N-methyl/N-ethyl adjacent to an activating group) is 1. The lowest BCUT2D eigenvalue weighted by molar-refractivity contribution is 0.0493. The first-order chi connectivity index (χ1) is 8.76. The molecule has 0 spiro atoms. The van der Waals surface area contributed by atoms with E-state index in [1.807, 2.05) is 24.3 Å². The summed E-state index contributed by atoms with van der Waals surface area (Å²) in [6.07, 6.45) is 0. The summed E-state index contributed by atoms with van der Waals surface area (Å²) in [5.74, 6) is 0.769. The Morgan fingerprint density at radius 2 is 2.00 bits per heavy atom. The van der Waals surface area contributed by atoms with Gasteiger partial charge in [0.2, 0.25) is 0 Å². The molecular weight excluding hydrogens is 228 g/mol. The number of carbonyl (C=O) groups is 1. The molecule has 0 atom stereocenters. The highest BCUT2D eigenvalue weighted by Gasteiger charge is 2.24. The summed E-state index contributed by atoms with van der Waals surface area (Å²) < 4.78 is 5.59. The summed E-state index contributed by atoms with van der Waals surface area (Å²) in [4.78, 5) is 16.3. The molecule has 0 N–H and O–H groups in total. The van der Waals surface area contributed by atoms with Crippen LogP contribution in [0.15, 0.2) is 24.3 Å². The Bertz CT molecular complexity index is 416. The van der Waals surface area contributed by atoms with Crippen molar-refractivity contribution in [1.29, 1.82) is 0 Å². The smallest absolute Gasteiger partial charge is 0.260 e. The Morgan fingerprint density at radius 1 is 1.28 bits per heavy atom. The van der Waals surface area contributed by atoms with E-state index in [0.29, 0.717) is 18.0 Å². The first-order valence-electron chi connectivity index (χ1n) is 6.49. The second-order valence-corrected chi connectivity index (χ2v) is 4.37. The molecule has 0 saturated carbocycles. The van der Waals surface area contributed by atoms with E-state index in [0.717, 1.165) is 26.2 Å². The lowest BCUT2D eigenvalue weighted by atomic mass is 10.1. The number of hydrogen-bond donors (Lipinski definition) is 0. The Balaban J connectivity index is 1.99. The second kappa shape index (κ2) is 5.87. The number of nitrogens with zero attached hydrogens (tertiary/aromatic N) is 2. The summed E-state index contributed by atoms with van der Waals surface area (Å²) in [5.41, 5.74) is 0.670. The van der Waals surface area contributed by atoms with Gasteiger partial charge in [0, 0.05) is 13.1 Å². The van der Waals surface area contributed by atoms with E-state index in [1.54, 1.807) is 4.90 Å². The Kier molecular flexibility index (Phi) is 4.20. The van der Waals surface area contributed by atoms with Gasteiger partial charge in [-0.2, -0.15) is 0 Å². The van der Waals surface area contributed by atoms with Crippen LogP contribution in [0.3, 0.4) is 0 Å². The van der Waals surface area contributed by atoms with Gasteiger partial charge in [0.15, 0.2) is 6.73 Å². The van der Waals surface area contributed by atoms with E-state index < -0.39 is 0 Å². The fraction of sp³-hybridized carbons (Fsp3) is 0.500. The zero-order valence-corrected chi connectivity index (χ0v) is 11.1. The Labute approximate surface area is 108 Å². The molecule has 98 valence electrons. The summed E-state index contributed by atoms with van der Waals surface area (Å²) in [5, 5.41) is 0. The number of ether oxygens (including phenoxy) is 1. The van der Waals surface area contributed by atoms with E-state index in [2.05, 4.69) is 18.7 Å². The first kappa shape index (κ1) is 12.9. The molecule has 0 aliphatic carbocycles. The molecular formula is C14H20N2O2. The molecule has 0 aromatic heterocycles. The van der Waals surface area contributed by atoms with Gasteiger partial charge in [-0.25, -0.2) is 0 Å². The van der Waals surface area contributed by atoms with E-state index in [-0.39, 0.29) is 5.91 Å². The number of benzene rings is 1. The van der Waals surface area contributed by atoms with E-state index in [4.69, 9.17) is 4.74 Å². The maximum atomic E-state index is 12.2. The highest BCUT2D eigenvalue weighted by Crippen LogP contribution is 2.23. The second-order valence-electron chi connectivity index (χ2n) is 4.37. The van der Waals surface area contributed by atoms with Crippen molar-refractivity contribution in [3.05, 3.63) is 29.8 Å². The normalized spacial score (nSPS) is 14.6. The molecule has 1 heterocycles. The van der Waals surface area contributed by atoms with Crippen LogP contribution in [0, 0.1) is 0 Å². The lowest BCUT2D eigenvalue weighted by Crippen LogP contribution is -2.43. The quantitative estimate of drug-likeness (QED) is 0.797. The van der Waals surface area contributed by atoms with E-state index in [9.17, 15) is 4.79 Å². The first-order valence-corrected chi connectivity index (χ1v) is 6.49. The molecule has 1 aliphatic rings. The summed E-state index contributed by atoms with van der Waals surface area (Å²) >= 11 is 0. The van der Waals surface area contributed by atoms with Crippen molar-refractivity contribution >= 4 is 5.91 Å². The zero-order chi connectivity index (χ0) is 13.0. The average molecular weight is 248 g/mol. The largest absolute Gasteiger partial charge is 0.472 e. The molecule has 0 bridgehead atoms. The summed E-state index contributed by atoms with van der Waals surface area (Å²) in [7, 11) is 0. The highest BCUT2D eigenvalue weighted by atomic mass is 16.5. The number of para-hydroxylation sites is 1. The van der Waals surface area contributed by atoms with Gasteiger partial charge in [0.25, 0.3) is 5.91 Å². The van der Waals surface area contributed by atoms with Crippen LogP contribution in [0.2, 0.25) is 0 Å². The Morgan fingerprint density at radius 3 is 2.72 bits per heavy atom. The molecule has 0 fully saturated rings. The van der Waals surface area contributed by atoms with Gasteiger partial charge < -0.3 is 14.5 Å². The van der Waals surface area contributed by atoms with Crippen molar-refractivity contribution in [3.63, 3.8) is 0 Å². The van der Waals surface area contributed by atoms with Gasteiger partial charge in [-0.1, -0.05) is 26.0 Å². The van der Waals surface area contributed by atoms with Crippen LogP contribution in [-0.2, 0) is 0 Å². The fourth-order valence-electron chi connectivity index (χ4n) is 2.11. The number of carbonyl (C=O) groups excluding carboxylic acids is 1. The number of hydrogen-bond acceptors (Lipinski definition) is 3. The summed E-state index contributed by atoms with van der Waals surface area (Å²) in [6, 6.07) is 7.42. The van der Waals surface area contributed by atoms with Crippen LogP contribution in [0.4, 0.5) is 0 Å². The van der Waals surface area contributed by atoms with Crippen molar-refractivity contribution in [3.8, 4) is 5.75 Å². The predicted molar refractivity (Wildman–Crippen MR) is 70.8 cm³/mol.